The summed E-state index contributed by atoms with van der Waals surface area (Å²) in [5.74, 6) is -0.340. The minimum atomic E-state index is -0.719. The molecule has 0 spiro atoms. The van der Waals surface area contributed by atoms with Gasteiger partial charge in [-0.05, 0) is 42.0 Å². The third-order valence-corrected chi connectivity index (χ3v) is 3.57. The first kappa shape index (κ1) is 19.6. The number of ketones is 1. The van der Waals surface area contributed by atoms with Crippen molar-refractivity contribution in [3.05, 3.63) is 69.8 Å². The molecule has 0 aromatic heterocycles. The second-order valence-corrected chi connectivity index (χ2v) is 5.28. The molecule has 8 nitrogen and oxygen atoms in total. The van der Waals surface area contributed by atoms with Gasteiger partial charge in [0.05, 0.1) is 24.7 Å². The summed E-state index contributed by atoms with van der Waals surface area (Å²) in [6, 6.07) is 10.4. The second-order valence-electron chi connectivity index (χ2n) is 5.28. The largest absolute Gasteiger partial charge is 0.497 e. The summed E-state index contributed by atoms with van der Waals surface area (Å²) < 4.78 is 15.1. The van der Waals surface area contributed by atoms with Crippen LogP contribution in [0, 0.1) is 10.1 Å². The maximum atomic E-state index is 12.3. The second kappa shape index (κ2) is 9.14. The standard InChI is InChI=1S/C19H17NO7/c1-25-15-8-9-18(26-2)16(11-15)17(21)12-27-19(22)10-5-13-3-6-14(7-4-13)20(23)24/h3-11H,12H2,1-2H3/b10-5+. The smallest absolute Gasteiger partial charge is 0.331 e. The van der Waals surface area contributed by atoms with Gasteiger partial charge in [0.2, 0.25) is 5.78 Å². The zero-order valence-corrected chi connectivity index (χ0v) is 14.7. The number of esters is 1. The average Bonchev–Trinajstić information content (AvgIpc) is 2.70. The summed E-state index contributed by atoms with van der Waals surface area (Å²) in [6.45, 7) is -0.465. The summed E-state index contributed by atoms with van der Waals surface area (Å²) in [7, 11) is 2.90. The van der Waals surface area contributed by atoms with E-state index in [0.29, 0.717) is 17.1 Å². The van der Waals surface area contributed by atoms with E-state index in [0.717, 1.165) is 6.08 Å². The molecule has 0 bridgehead atoms. The van der Waals surface area contributed by atoms with Crippen molar-refractivity contribution in [2.75, 3.05) is 20.8 Å². The van der Waals surface area contributed by atoms with Crippen LogP contribution in [0.5, 0.6) is 11.5 Å². The van der Waals surface area contributed by atoms with Gasteiger partial charge in [0.25, 0.3) is 5.69 Å². The van der Waals surface area contributed by atoms with Gasteiger partial charge in [0.1, 0.15) is 11.5 Å². The first-order chi connectivity index (χ1) is 12.9. The van der Waals surface area contributed by atoms with Crippen molar-refractivity contribution < 1.29 is 28.7 Å². The van der Waals surface area contributed by atoms with E-state index in [1.165, 1.54) is 50.6 Å². The fourth-order valence-electron chi connectivity index (χ4n) is 2.17. The fourth-order valence-corrected chi connectivity index (χ4v) is 2.17. The lowest BCUT2D eigenvalue weighted by molar-refractivity contribution is -0.384. The number of carbonyl (C=O) groups is 2. The van der Waals surface area contributed by atoms with E-state index >= 15 is 0 Å². The van der Waals surface area contributed by atoms with Gasteiger partial charge in [-0.3, -0.25) is 14.9 Å². The van der Waals surface area contributed by atoms with E-state index < -0.39 is 23.3 Å². The number of ether oxygens (including phenoxy) is 3. The maximum absolute atomic E-state index is 12.3. The first-order valence-electron chi connectivity index (χ1n) is 7.79. The van der Waals surface area contributed by atoms with Crippen LogP contribution in [-0.4, -0.2) is 37.5 Å². The van der Waals surface area contributed by atoms with Gasteiger partial charge in [-0.1, -0.05) is 0 Å². The Bertz CT molecular complexity index is 872. The lowest BCUT2D eigenvalue weighted by Gasteiger charge is -2.09. The number of hydrogen-bond donors (Lipinski definition) is 0. The average molecular weight is 371 g/mol. The van der Waals surface area contributed by atoms with Crippen LogP contribution in [-0.2, 0) is 9.53 Å². The zero-order valence-electron chi connectivity index (χ0n) is 14.7. The highest BCUT2D eigenvalue weighted by Crippen LogP contribution is 2.24. The van der Waals surface area contributed by atoms with E-state index in [1.54, 1.807) is 12.1 Å². The van der Waals surface area contributed by atoms with Gasteiger partial charge in [-0.2, -0.15) is 0 Å². The normalized spacial score (nSPS) is 10.4. The van der Waals surface area contributed by atoms with Crippen molar-refractivity contribution in [3.63, 3.8) is 0 Å². The van der Waals surface area contributed by atoms with Crippen LogP contribution in [0.3, 0.4) is 0 Å². The van der Waals surface area contributed by atoms with Crippen LogP contribution in [0.4, 0.5) is 5.69 Å². The molecule has 8 heteroatoms. The van der Waals surface area contributed by atoms with E-state index in [-0.39, 0.29) is 11.3 Å². The molecule has 0 unspecified atom stereocenters. The Hall–Kier alpha value is -3.68. The van der Waals surface area contributed by atoms with Crippen molar-refractivity contribution in [2.24, 2.45) is 0 Å². The molecule has 0 aliphatic carbocycles. The summed E-state index contributed by atoms with van der Waals surface area (Å²) in [4.78, 5) is 34.1. The lowest BCUT2D eigenvalue weighted by atomic mass is 10.1. The van der Waals surface area contributed by atoms with Crippen molar-refractivity contribution in [2.45, 2.75) is 0 Å². The molecule has 0 saturated heterocycles. The number of Topliss-reactive ketones (excluding diaryl/α,β-unsaturated/α-hetero) is 1. The Morgan fingerprint density at radius 2 is 1.78 bits per heavy atom. The molecule has 0 N–H and O–H groups in total. The molecule has 2 aromatic rings. The zero-order chi connectivity index (χ0) is 19.8. The number of non-ortho nitro benzene ring substituents is 1. The number of benzene rings is 2. The van der Waals surface area contributed by atoms with E-state index in [9.17, 15) is 19.7 Å². The van der Waals surface area contributed by atoms with Gasteiger partial charge < -0.3 is 14.2 Å². The summed E-state index contributed by atoms with van der Waals surface area (Å²) >= 11 is 0. The Kier molecular flexibility index (Phi) is 6.65. The van der Waals surface area contributed by atoms with Gasteiger partial charge in [0, 0.05) is 18.2 Å². The van der Waals surface area contributed by atoms with E-state index in [1.807, 2.05) is 0 Å². The molecule has 0 atom stereocenters. The predicted molar refractivity (Wildman–Crippen MR) is 97.0 cm³/mol. The highest BCUT2D eigenvalue weighted by Gasteiger charge is 2.15. The van der Waals surface area contributed by atoms with Gasteiger partial charge in [-0.15, -0.1) is 0 Å². The van der Waals surface area contributed by atoms with Crippen LogP contribution in [0.25, 0.3) is 6.08 Å². The SMILES string of the molecule is COc1ccc(OC)c(C(=O)COC(=O)/C=C/c2ccc([N+](=O)[O-])cc2)c1. The molecule has 2 rings (SSSR count). The number of hydrogen-bond acceptors (Lipinski definition) is 7. The molecule has 0 radical (unpaired) electrons. The van der Waals surface area contributed by atoms with Crippen LogP contribution < -0.4 is 9.47 Å². The molecule has 0 heterocycles. The van der Waals surface area contributed by atoms with Gasteiger partial charge in [-0.25, -0.2) is 4.79 Å². The van der Waals surface area contributed by atoms with Crippen molar-refractivity contribution in [1.29, 1.82) is 0 Å². The molecule has 0 aliphatic heterocycles. The Balaban J connectivity index is 1.96. The number of nitrogens with zero attached hydrogens (tertiary/aromatic N) is 1. The highest BCUT2D eigenvalue weighted by atomic mass is 16.6. The van der Waals surface area contributed by atoms with E-state index in [2.05, 4.69) is 0 Å². The third kappa shape index (κ3) is 5.40. The molecule has 0 amide bonds. The predicted octanol–water partition coefficient (Wildman–Crippen LogP) is 3.05. The third-order valence-electron chi connectivity index (χ3n) is 3.57. The lowest BCUT2D eigenvalue weighted by Crippen LogP contribution is -2.13. The van der Waals surface area contributed by atoms with Crippen molar-refractivity contribution in [3.8, 4) is 11.5 Å². The molecular weight excluding hydrogens is 354 g/mol. The summed E-state index contributed by atoms with van der Waals surface area (Å²) in [5.41, 5.74) is 0.773. The topological polar surface area (TPSA) is 105 Å². The van der Waals surface area contributed by atoms with Crippen molar-refractivity contribution in [1.82, 2.24) is 0 Å². The van der Waals surface area contributed by atoms with E-state index in [4.69, 9.17) is 14.2 Å². The number of nitro groups is 1. The number of rotatable bonds is 8. The molecule has 27 heavy (non-hydrogen) atoms. The Morgan fingerprint density at radius 1 is 1.07 bits per heavy atom. The molecule has 0 fully saturated rings. The van der Waals surface area contributed by atoms with Crippen molar-refractivity contribution >= 4 is 23.5 Å². The number of carbonyl (C=O) groups excluding carboxylic acids is 2. The van der Waals surface area contributed by atoms with Gasteiger partial charge in [0.15, 0.2) is 6.61 Å². The molecular formula is C19H17NO7. The first-order valence-corrected chi connectivity index (χ1v) is 7.79. The summed E-state index contributed by atoms with van der Waals surface area (Å²) in [5, 5.41) is 10.6. The monoisotopic (exact) mass is 371 g/mol. The minimum absolute atomic E-state index is 0.0486. The van der Waals surface area contributed by atoms with Crippen LogP contribution in [0.1, 0.15) is 15.9 Å². The Labute approximate surface area is 155 Å². The number of methoxy groups -OCH3 is 2. The van der Waals surface area contributed by atoms with Gasteiger partial charge >= 0.3 is 5.97 Å². The van der Waals surface area contributed by atoms with Crippen LogP contribution >= 0.6 is 0 Å². The fraction of sp³-hybridized carbons (Fsp3) is 0.158. The molecule has 0 saturated carbocycles. The quantitative estimate of drug-likeness (QED) is 0.231. The summed E-state index contributed by atoms with van der Waals surface area (Å²) in [6.07, 6.45) is 2.57. The Morgan fingerprint density at radius 3 is 2.37 bits per heavy atom. The molecule has 2 aromatic carbocycles. The number of nitro benzene ring substituents is 1. The highest BCUT2D eigenvalue weighted by molar-refractivity contribution is 6.01. The molecule has 140 valence electrons. The molecule has 0 aliphatic rings. The van der Waals surface area contributed by atoms with Crippen LogP contribution in [0.15, 0.2) is 48.5 Å². The maximum Gasteiger partial charge on any atom is 0.331 e. The van der Waals surface area contributed by atoms with Crippen LogP contribution in [0.2, 0.25) is 0 Å². The minimum Gasteiger partial charge on any atom is -0.497 e.